The molecule has 0 aliphatic heterocycles. The number of carboxylic acid groups (broad SMARTS) is 1. The van der Waals surface area contributed by atoms with Gasteiger partial charge in [-0.3, -0.25) is 9.78 Å². The van der Waals surface area contributed by atoms with Gasteiger partial charge in [0.25, 0.3) is 0 Å². The number of carboxylic acids is 1. The van der Waals surface area contributed by atoms with Crippen molar-refractivity contribution in [2.75, 3.05) is 6.54 Å². The zero-order chi connectivity index (χ0) is 15.1. The van der Waals surface area contributed by atoms with E-state index >= 15 is 0 Å². The van der Waals surface area contributed by atoms with Crippen LogP contribution in [0.4, 0.5) is 4.79 Å². The van der Waals surface area contributed by atoms with Crippen LogP contribution in [0, 0.1) is 11.8 Å². The molecule has 2 rings (SSSR count). The number of carbonyl (C=O) groups is 2. The minimum Gasteiger partial charge on any atom is -0.481 e. The van der Waals surface area contributed by atoms with Gasteiger partial charge in [0.1, 0.15) is 0 Å². The van der Waals surface area contributed by atoms with E-state index in [-0.39, 0.29) is 11.9 Å². The standard InChI is InChI=1S/C15H21N3O3/c19-14(20)13-5-3-11(4-6-13)9-17-15(21)18-10-12-2-1-7-16-8-12/h1-2,7-8,11,13H,3-6,9-10H2,(H,19,20)(H2,17,18,21). The maximum absolute atomic E-state index is 11.7. The van der Waals surface area contributed by atoms with Gasteiger partial charge in [-0.05, 0) is 43.2 Å². The van der Waals surface area contributed by atoms with Crippen LogP contribution < -0.4 is 10.6 Å². The van der Waals surface area contributed by atoms with Gasteiger partial charge in [-0.1, -0.05) is 6.07 Å². The molecule has 1 aliphatic rings. The molecule has 21 heavy (non-hydrogen) atoms. The predicted octanol–water partition coefficient (Wildman–Crippen LogP) is 1.77. The van der Waals surface area contributed by atoms with E-state index in [0.29, 0.717) is 31.8 Å². The third-order valence-electron chi connectivity index (χ3n) is 3.92. The van der Waals surface area contributed by atoms with Crippen molar-refractivity contribution in [1.29, 1.82) is 0 Å². The summed E-state index contributed by atoms with van der Waals surface area (Å²) in [5, 5.41) is 14.6. The smallest absolute Gasteiger partial charge is 0.315 e. The average Bonchev–Trinajstić information content (AvgIpc) is 2.52. The molecule has 114 valence electrons. The number of aliphatic carboxylic acids is 1. The lowest BCUT2D eigenvalue weighted by Crippen LogP contribution is -2.39. The van der Waals surface area contributed by atoms with Crippen molar-refractivity contribution in [3.05, 3.63) is 30.1 Å². The zero-order valence-corrected chi connectivity index (χ0v) is 11.9. The average molecular weight is 291 g/mol. The molecule has 3 N–H and O–H groups in total. The summed E-state index contributed by atoms with van der Waals surface area (Å²) in [5.41, 5.74) is 0.953. The largest absolute Gasteiger partial charge is 0.481 e. The summed E-state index contributed by atoms with van der Waals surface area (Å²) < 4.78 is 0. The molecule has 1 aromatic heterocycles. The number of aromatic nitrogens is 1. The first-order chi connectivity index (χ1) is 10.1. The van der Waals surface area contributed by atoms with Gasteiger partial charge < -0.3 is 15.7 Å². The Kier molecular flexibility index (Phi) is 5.54. The topological polar surface area (TPSA) is 91.3 Å². The van der Waals surface area contributed by atoms with E-state index in [1.807, 2.05) is 12.1 Å². The number of carbonyl (C=O) groups excluding carboxylic acids is 1. The monoisotopic (exact) mass is 291 g/mol. The number of pyridine rings is 1. The fraction of sp³-hybridized carbons (Fsp3) is 0.533. The van der Waals surface area contributed by atoms with E-state index in [2.05, 4.69) is 15.6 Å². The fourth-order valence-corrected chi connectivity index (χ4v) is 2.60. The molecule has 0 spiro atoms. The second-order valence-corrected chi connectivity index (χ2v) is 5.48. The summed E-state index contributed by atoms with van der Waals surface area (Å²) in [4.78, 5) is 26.5. The Hall–Kier alpha value is -2.11. The molecule has 1 aliphatic carbocycles. The van der Waals surface area contributed by atoms with Gasteiger partial charge in [-0.25, -0.2) is 4.79 Å². The van der Waals surface area contributed by atoms with E-state index < -0.39 is 5.97 Å². The first-order valence-electron chi connectivity index (χ1n) is 7.28. The minimum absolute atomic E-state index is 0.195. The summed E-state index contributed by atoms with van der Waals surface area (Å²) in [5.74, 6) is -0.527. The minimum atomic E-state index is -0.698. The summed E-state index contributed by atoms with van der Waals surface area (Å²) >= 11 is 0. The molecular weight excluding hydrogens is 270 g/mol. The van der Waals surface area contributed by atoms with Gasteiger partial charge in [-0.15, -0.1) is 0 Å². The summed E-state index contributed by atoms with van der Waals surface area (Å²) in [7, 11) is 0. The van der Waals surface area contributed by atoms with Crippen molar-refractivity contribution >= 4 is 12.0 Å². The number of rotatable bonds is 5. The molecule has 0 unspecified atom stereocenters. The normalized spacial score (nSPS) is 21.5. The van der Waals surface area contributed by atoms with Crippen LogP contribution in [-0.4, -0.2) is 28.6 Å². The van der Waals surface area contributed by atoms with Crippen molar-refractivity contribution in [3.63, 3.8) is 0 Å². The molecule has 0 aromatic carbocycles. The Morgan fingerprint density at radius 3 is 2.62 bits per heavy atom. The first-order valence-corrected chi connectivity index (χ1v) is 7.28. The molecular formula is C15H21N3O3. The maximum Gasteiger partial charge on any atom is 0.315 e. The Morgan fingerprint density at radius 2 is 2.00 bits per heavy atom. The number of hydrogen-bond donors (Lipinski definition) is 3. The van der Waals surface area contributed by atoms with Crippen molar-refractivity contribution < 1.29 is 14.7 Å². The van der Waals surface area contributed by atoms with Crippen LogP contribution >= 0.6 is 0 Å². The lowest BCUT2D eigenvalue weighted by atomic mass is 9.82. The number of hydrogen-bond acceptors (Lipinski definition) is 3. The van der Waals surface area contributed by atoms with Crippen LogP contribution in [0.2, 0.25) is 0 Å². The highest BCUT2D eigenvalue weighted by atomic mass is 16.4. The quantitative estimate of drug-likeness (QED) is 0.771. The van der Waals surface area contributed by atoms with Crippen molar-refractivity contribution in [3.8, 4) is 0 Å². The van der Waals surface area contributed by atoms with E-state index in [9.17, 15) is 9.59 Å². The molecule has 0 radical (unpaired) electrons. The van der Waals surface area contributed by atoms with Crippen LogP contribution in [0.15, 0.2) is 24.5 Å². The first kappa shape index (κ1) is 15.3. The summed E-state index contributed by atoms with van der Waals surface area (Å²) in [6, 6.07) is 3.54. The van der Waals surface area contributed by atoms with Crippen LogP contribution in [0.3, 0.4) is 0 Å². The maximum atomic E-state index is 11.7. The molecule has 2 amide bonds. The highest BCUT2D eigenvalue weighted by molar-refractivity contribution is 5.73. The Balaban J connectivity index is 1.62. The second kappa shape index (κ2) is 7.61. The van der Waals surface area contributed by atoms with Gasteiger partial charge in [-0.2, -0.15) is 0 Å². The molecule has 1 aromatic rings. The lowest BCUT2D eigenvalue weighted by molar-refractivity contribution is -0.143. The lowest BCUT2D eigenvalue weighted by Gasteiger charge is -2.26. The summed E-state index contributed by atoms with van der Waals surface area (Å²) in [6.45, 7) is 1.05. The zero-order valence-electron chi connectivity index (χ0n) is 11.9. The van der Waals surface area contributed by atoms with Gasteiger partial charge in [0.2, 0.25) is 0 Å². The van der Waals surface area contributed by atoms with Crippen molar-refractivity contribution in [1.82, 2.24) is 15.6 Å². The fourth-order valence-electron chi connectivity index (χ4n) is 2.60. The molecule has 1 heterocycles. The molecule has 0 bridgehead atoms. The van der Waals surface area contributed by atoms with Gasteiger partial charge in [0.15, 0.2) is 0 Å². The van der Waals surface area contributed by atoms with Crippen molar-refractivity contribution in [2.24, 2.45) is 11.8 Å². The third-order valence-corrected chi connectivity index (χ3v) is 3.92. The van der Waals surface area contributed by atoms with Crippen LogP contribution in [0.1, 0.15) is 31.2 Å². The van der Waals surface area contributed by atoms with Gasteiger partial charge in [0, 0.05) is 25.5 Å². The number of nitrogens with zero attached hydrogens (tertiary/aromatic N) is 1. The predicted molar refractivity (Wildman–Crippen MR) is 77.6 cm³/mol. The Bertz CT molecular complexity index is 470. The highest BCUT2D eigenvalue weighted by Crippen LogP contribution is 2.28. The molecule has 0 saturated heterocycles. The third kappa shape index (κ3) is 5.06. The number of nitrogens with one attached hydrogen (secondary N) is 2. The molecule has 6 nitrogen and oxygen atoms in total. The van der Waals surface area contributed by atoms with E-state index in [4.69, 9.17) is 5.11 Å². The Labute approximate surface area is 124 Å². The van der Waals surface area contributed by atoms with Crippen LogP contribution in [-0.2, 0) is 11.3 Å². The van der Waals surface area contributed by atoms with Gasteiger partial charge >= 0.3 is 12.0 Å². The SMILES string of the molecule is O=C(NCc1cccnc1)NCC1CCC(C(=O)O)CC1. The van der Waals surface area contributed by atoms with E-state index in [0.717, 1.165) is 18.4 Å². The molecule has 1 fully saturated rings. The number of amides is 2. The highest BCUT2D eigenvalue weighted by Gasteiger charge is 2.25. The van der Waals surface area contributed by atoms with E-state index in [1.165, 1.54) is 0 Å². The molecule has 6 heteroatoms. The van der Waals surface area contributed by atoms with Crippen molar-refractivity contribution in [2.45, 2.75) is 32.2 Å². The van der Waals surface area contributed by atoms with Crippen LogP contribution in [0.5, 0.6) is 0 Å². The van der Waals surface area contributed by atoms with E-state index in [1.54, 1.807) is 12.4 Å². The molecule has 0 atom stereocenters. The van der Waals surface area contributed by atoms with Gasteiger partial charge in [0.05, 0.1) is 5.92 Å². The van der Waals surface area contributed by atoms with Crippen LogP contribution in [0.25, 0.3) is 0 Å². The second-order valence-electron chi connectivity index (χ2n) is 5.48. The number of urea groups is 1. The summed E-state index contributed by atoms with van der Waals surface area (Å²) in [6.07, 6.45) is 6.54. The molecule has 1 saturated carbocycles. The Morgan fingerprint density at radius 1 is 1.24 bits per heavy atom.